The van der Waals surface area contributed by atoms with E-state index in [0.29, 0.717) is 13.2 Å². The van der Waals surface area contributed by atoms with Crippen LogP contribution in [0.1, 0.15) is 5.56 Å². The van der Waals surface area contributed by atoms with Gasteiger partial charge in [0.1, 0.15) is 5.54 Å². The van der Waals surface area contributed by atoms with Gasteiger partial charge in [-0.05, 0) is 19.7 Å². The van der Waals surface area contributed by atoms with E-state index in [9.17, 15) is 5.26 Å². The molecule has 0 saturated heterocycles. The van der Waals surface area contributed by atoms with E-state index in [1.54, 1.807) is 7.11 Å². The van der Waals surface area contributed by atoms with Gasteiger partial charge in [0.05, 0.1) is 12.7 Å². The number of hydrogen-bond donors (Lipinski definition) is 1. The van der Waals surface area contributed by atoms with Gasteiger partial charge in [-0.3, -0.25) is 5.32 Å². The van der Waals surface area contributed by atoms with Crippen LogP contribution in [0.4, 0.5) is 0 Å². The zero-order chi connectivity index (χ0) is 13.4. The zero-order valence-electron chi connectivity index (χ0n) is 11.3. The number of benzene rings is 1. The summed E-state index contributed by atoms with van der Waals surface area (Å²) < 4.78 is 5.05. The quantitative estimate of drug-likeness (QED) is 0.786. The van der Waals surface area contributed by atoms with Crippen molar-refractivity contribution in [2.75, 3.05) is 40.9 Å². The Morgan fingerprint density at radius 3 is 2.56 bits per heavy atom. The Kier molecular flexibility index (Phi) is 5.79. The van der Waals surface area contributed by atoms with Crippen molar-refractivity contribution < 1.29 is 4.74 Å². The first-order valence-electron chi connectivity index (χ1n) is 6.01. The van der Waals surface area contributed by atoms with E-state index in [4.69, 9.17) is 4.74 Å². The minimum atomic E-state index is -0.677. The summed E-state index contributed by atoms with van der Waals surface area (Å²) in [7, 11) is 5.49. The summed E-state index contributed by atoms with van der Waals surface area (Å²) in [5.74, 6) is 0. The van der Waals surface area contributed by atoms with Crippen LogP contribution in [0, 0.1) is 11.3 Å². The standard InChI is InChI=1S/C14H21N3O/c1-16-14(11-15,12-17(2)9-10-18-3)13-7-5-4-6-8-13/h4-8,16H,9-10,12H2,1-3H3. The molecule has 0 heterocycles. The molecule has 1 aromatic rings. The van der Waals surface area contributed by atoms with Gasteiger partial charge in [-0.1, -0.05) is 30.3 Å². The van der Waals surface area contributed by atoms with Crippen molar-refractivity contribution in [3.05, 3.63) is 35.9 Å². The van der Waals surface area contributed by atoms with Gasteiger partial charge in [-0.25, -0.2) is 0 Å². The molecule has 0 aliphatic heterocycles. The van der Waals surface area contributed by atoms with Gasteiger partial charge < -0.3 is 9.64 Å². The lowest BCUT2D eigenvalue weighted by atomic mass is 9.91. The minimum Gasteiger partial charge on any atom is -0.383 e. The van der Waals surface area contributed by atoms with E-state index in [1.165, 1.54) is 0 Å². The smallest absolute Gasteiger partial charge is 0.144 e. The van der Waals surface area contributed by atoms with Gasteiger partial charge in [-0.15, -0.1) is 0 Å². The van der Waals surface area contributed by atoms with Crippen LogP contribution in [0.15, 0.2) is 30.3 Å². The fraction of sp³-hybridized carbons (Fsp3) is 0.500. The molecule has 0 aliphatic rings. The van der Waals surface area contributed by atoms with Crippen molar-refractivity contribution in [1.29, 1.82) is 5.26 Å². The molecule has 0 saturated carbocycles. The lowest BCUT2D eigenvalue weighted by Gasteiger charge is -2.31. The molecule has 18 heavy (non-hydrogen) atoms. The number of nitriles is 1. The Hall–Kier alpha value is -1.41. The third kappa shape index (κ3) is 3.54. The van der Waals surface area contributed by atoms with Crippen LogP contribution in [-0.4, -0.2) is 45.8 Å². The van der Waals surface area contributed by atoms with Gasteiger partial charge in [0.15, 0.2) is 0 Å². The van der Waals surface area contributed by atoms with E-state index in [-0.39, 0.29) is 0 Å². The predicted octanol–water partition coefficient (Wildman–Crippen LogP) is 1.20. The Morgan fingerprint density at radius 2 is 2.06 bits per heavy atom. The van der Waals surface area contributed by atoms with Gasteiger partial charge in [0.2, 0.25) is 0 Å². The van der Waals surface area contributed by atoms with Crippen LogP contribution in [0.25, 0.3) is 0 Å². The fourth-order valence-corrected chi connectivity index (χ4v) is 1.92. The van der Waals surface area contributed by atoms with Crippen LogP contribution >= 0.6 is 0 Å². The molecule has 0 bridgehead atoms. The molecule has 1 aromatic carbocycles. The van der Waals surface area contributed by atoms with Crippen LogP contribution in [0.3, 0.4) is 0 Å². The van der Waals surface area contributed by atoms with Crippen LogP contribution in [0.5, 0.6) is 0 Å². The number of ether oxygens (including phenoxy) is 1. The molecular weight excluding hydrogens is 226 g/mol. The van der Waals surface area contributed by atoms with E-state index < -0.39 is 5.54 Å². The highest BCUT2D eigenvalue weighted by atomic mass is 16.5. The highest BCUT2D eigenvalue weighted by Gasteiger charge is 2.31. The maximum atomic E-state index is 9.53. The molecular formula is C14H21N3O. The summed E-state index contributed by atoms with van der Waals surface area (Å²) >= 11 is 0. The molecule has 4 nitrogen and oxygen atoms in total. The van der Waals surface area contributed by atoms with Gasteiger partial charge >= 0.3 is 0 Å². The summed E-state index contributed by atoms with van der Waals surface area (Å²) in [6.45, 7) is 2.08. The van der Waals surface area contributed by atoms with Crippen molar-refractivity contribution in [3.63, 3.8) is 0 Å². The molecule has 0 amide bonds. The van der Waals surface area contributed by atoms with Gasteiger partial charge in [0, 0.05) is 20.2 Å². The Bertz CT molecular complexity index is 388. The monoisotopic (exact) mass is 247 g/mol. The average molecular weight is 247 g/mol. The molecule has 0 spiro atoms. The fourth-order valence-electron chi connectivity index (χ4n) is 1.92. The maximum absolute atomic E-state index is 9.53. The first-order valence-corrected chi connectivity index (χ1v) is 6.01. The number of hydrogen-bond acceptors (Lipinski definition) is 4. The van der Waals surface area contributed by atoms with E-state index in [1.807, 2.05) is 44.4 Å². The molecule has 1 atom stereocenters. The van der Waals surface area contributed by atoms with Gasteiger partial charge in [-0.2, -0.15) is 5.26 Å². The van der Waals surface area contributed by atoms with Crippen LogP contribution in [0.2, 0.25) is 0 Å². The number of methoxy groups -OCH3 is 1. The Morgan fingerprint density at radius 1 is 1.39 bits per heavy atom. The first-order chi connectivity index (χ1) is 8.68. The Balaban J connectivity index is 2.85. The summed E-state index contributed by atoms with van der Waals surface area (Å²) in [6.07, 6.45) is 0. The summed E-state index contributed by atoms with van der Waals surface area (Å²) in [5, 5.41) is 12.7. The lowest BCUT2D eigenvalue weighted by Crippen LogP contribution is -2.48. The van der Waals surface area contributed by atoms with E-state index in [0.717, 1.165) is 12.1 Å². The third-order valence-corrected chi connectivity index (χ3v) is 3.07. The van der Waals surface area contributed by atoms with Crippen molar-refractivity contribution in [1.82, 2.24) is 10.2 Å². The summed E-state index contributed by atoms with van der Waals surface area (Å²) in [5.41, 5.74) is 0.309. The summed E-state index contributed by atoms with van der Waals surface area (Å²) in [6, 6.07) is 12.2. The highest BCUT2D eigenvalue weighted by Crippen LogP contribution is 2.20. The largest absolute Gasteiger partial charge is 0.383 e. The van der Waals surface area contributed by atoms with Crippen molar-refractivity contribution in [2.24, 2.45) is 0 Å². The third-order valence-electron chi connectivity index (χ3n) is 3.07. The molecule has 0 aromatic heterocycles. The van der Waals surface area contributed by atoms with Crippen molar-refractivity contribution in [3.8, 4) is 6.07 Å². The molecule has 0 aliphatic carbocycles. The molecule has 4 heteroatoms. The van der Waals surface area contributed by atoms with Crippen LogP contribution < -0.4 is 5.32 Å². The number of likely N-dealkylation sites (N-methyl/N-ethyl adjacent to an activating group) is 2. The highest BCUT2D eigenvalue weighted by molar-refractivity contribution is 5.31. The van der Waals surface area contributed by atoms with E-state index in [2.05, 4.69) is 16.3 Å². The number of nitrogens with one attached hydrogen (secondary N) is 1. The number of rotatable bonds is 7. The average Bonchev–Trinajstić information content (AvgIpc) is 2.43. The predicted molar refractivity (Wildman–Crippen MR) is 72.2 cm³/mol. The SMILES string of the molecule is CNC(C#N)(CN(C)CCOC)c1ccccc1. The molecule has 1 rings (SSSR count). The molecule has 98 valence electrons. The first kappa shape index (κ1) is 14.7. The second kappa shape index (κ2) is 7.12. The molecule has 1 N–H and O–H groups in total. The molecule has 0 radical (unpaired) electrons. The lowest BCUT2D eigenvalue weighted by molar-refractivity contribution is 0.149. The van der Waals surface area contributed by atoms with Crippen molar-refractivity contribution >= 4 is 0 Å². The second-order valence-electron chi connectivity index (χ2n) is 4.36. The normalized spacial score (nSPS) is 14.2. The maximum Gasteiger partial charge on any atom is 0.144 e. The minimum absolute atomic E-state index is 0.618. The van der Waals surface area contributed by atoms with Gasteiger partial charge in [0.25, 0.3) is 0 Å². The molecule has 1 unspecified atom stereocenters. The second-order valence-corrected chi connectivity index (χ2v) is 4.36. The molecule has 0 fully saturated rings. The van der Waals surface area contributed by atoms with Crippen molar-refractivity contribution in [2.45, 2.75) is 5.54 Å². The Labute approximate surface area is 109 Å². The van der Waals surface area contributed by atoms with Crippen LogP contribution in [-0.2, 0) is 10.3 Å². The summed E-state index contributed by atoms with van der Waals surface area (Å²) in [4.78, 5) is 2.09. The topological polar surface area (TPSA) is 48.3 Å². The zero-order valence-corrected chi connectivity index (χ0v) is 11.3. The van der Waals surface area contributed by atoms with E-state index >= 15 is 0 Å². The number of nitrogens with zero attached hydrogens (tertiary/aromatic N) is 2.